The van der Waals surface area contributed by atoms with Gasteiger partial charge in [-0.05, 0) is 18.1 Å². The van der Waals surface area contributed by atoms with Crippen LogP contribution in [0.5, 0.6) is 0 Å². The van der Waals surface area contributed by atoms with Crippen molar-refractivity contribution in [1.29, 1.82) is 0 Å². The van der Waals surface area contributed by atoms with Crippen LogP contribution in [0.4, 0.5) is 5.69 Å². The van der Waals surface area contributed by atoms with E-state index in [1.165, 1.54) is 31.4 Å². The van der Waals surface area contributed by atoms with Crippen LogP contribution in [-0.4, -0.2) is 42.5 Å². The highest BCUT2D eigenvalue weighted by Gasteiger charge is 2.34. The van der Waals surface area contributed by atoms with Gasteiger partial charge in [0.25, 0.3) is 11.6 Å². The van der Waals surface area contributed by atoms with Gasteiger partial charge in [-0.15, -0.1) is 0 Å². The maximum absolute atomic E-state index is 12.9. The second-order valence-corrected chi connectivity index (χ2v) is 6.88. The summed E-state index contributed by atoms with van der Waals surface area (Å²) >= 11 is 0. The lowest BCUT2D eigenvalue weighted by atomic mass is 9.87. The highest BCUT2D eigenvalue weighted by Crippen LogP contribution is 2.27. The Balaban J connectivity index is 2.37. The molecule has 0 radical (unpaired) electrons. The number of nitrogens with zero attached hydrogens (tertiary/aromatic N) is 1. The summed E-state index contributed by atoms with van der Waals surface area (Å²) < 4.78 is 10.3. The van der Waals surface area contributed by atoms with Gasteiger partial charge < -0.3 is 20.5 Å². The Morgan fingerprint density at radius 2 is 1.69 bits per heavy atom. The van der Waals surface area contributed by atoms with Gasteiger partial charge in [0, 0.05) is 25.2 Å². The number of rotatable bonds is 11. The van der Waals surface area contributed by atoms with Crippen LogP contribution in [0, 0.1) is 10.1 Å². The number of nitrogens with one attached hydrogen (secondary N) is 1. The number of methoxy groups -OCH3 is 1. The molecule has 2 aromatic rings. The summed E-state index contributed by atoms with van der Waals surface area (Å²) in [5.74, 6) is -3.03. The molecule has 3 atom stereocenters. The standard InChI is InChI=1S/C22H25N3O7/c1-3-32-18(26)13-17(14-9-11-16(12-10-14)25(29)30)19(21(23)27)24-22(28)20(31-2)15-7-5-4-6-8-15/h4-12,17,19-20H,3,13H2,1-2H3,(H2,23,27)(H,24,28)/t17-,19-,20-/m0/s1. The number of non-ortho nitro benzene ring substituents is 1. The Morgan fingerprint density at radius 3 is 2.19 bits per heavy atom. The molecule has 0 aliphatic carbocycles. The van der Waals surface area contributed by atoms with Crippen molar-refractivity contribution < 1.29 is 28.8 Å². The molecule has 0 aliphatic rings. The number of nitrogens with two attached hydrogens (primary N) is 1. The highest BCUT2D eigenvalue weighted by molar-refractivity contribution is 5.90. The average Bonchev–Trinajstić information content (AvgIpc) is 2.77. The van der Waals surface area contributed by atoms with Gasteiger partial charge in [0.05, 0.1) is 18.0 Å². The van der Waals surface area contributed by atoms with Gasteiger partial charge in [0.15, 0.2) is 6.10 Å². The van der Waals surface area contributed by atoms with Crippen molar-refractivity contribution in [3.63, 3.8) is 0 Å². The second kappa shape index (κ2) is 11.6. The summed E-state index contributed by atoms with van der Waals surface area (Å²) in [4.78, 5) is 47.8. The molecule has 0 fully saturated rings. The highest BCUT2D eigenvalue weighted by atomic mass is 16.6. The van der Waals surface area contributed by atoms with Crippen LogP contribution in [0.2, 0.25) is 0 Å². The monoisotopic (exact) mass is 443 g/mol. The summed E-state index contributed by atoms with van der Waals surface area (Å²) in [6.07, 6.45) is -1.29. The first-order chi connectivity index (χ1) is 15.3. The fraction of sp³-hybridized carbons (Fsp3) is 0.318. The fourth-order valence-electron chi connectivity index (χ4n) is 3.29. The van der Waals surface area contributed by atoms with Gasteiger partial charge in [-0.3, -0.25) is 24.5 Å². The van der Waals surface area contributed by atoms with Gasteiger partial charge in [-0.2, -0.15) is 0 Å². The zero-order chi connectivity index (χ0) is 23.7. The average molecular weight is 443 g/mol. The lowest BCUT2D eigenvalue weighted by Crippen LogP contribution is -2.50. The first-order valence-electron chi connectivity index (χ1n) is 9.85. The number of ether oxygens (including phenoxy) is 2. The van der Waals surface area contributed by atoms with Crippen molar-refractivity contribution in [2.45, 2.75) is 31.4 Å². The molecule has 0 aromatic heterocycles. The number of benzene rings is 2. The molecule has 2 aromatic carbocycles. The summed E-state index contributed by atoms with van der Waals surface area (Å²) in [5.41, 5.74) is 6.38. The van der Waals surface area contributed by atoms with Gasteiger partial charge >= 0.3 is 5.97 Å². The maximum Gasteiger partial charge on any atom is 0.306 e. The molecule has 0 bridgehead atoms. The van der Waals surface area contributed by atoms with E-state index in [4.69, 9.17) is 15.2 Å². The number of amides is 2. The van der Waals surface area contributed by atoms with Crippen molar-refractivity contribution in [2.24, 2.45) is 5.73 Å². The minimum atomic E-state index is -1.30. The van der Waals surface area contributed by atoms with Gasteiger partial charge in [0.2, 0.25) is 5.91 Å². The van der Waals surface area contributed by atoms with Crippen LogP contribution < -0.4 is 11.1 Å². The normalized spacial score (nSPS) is 13.4. The topological polar surface area (TPSA) is 151 Å². The smallest absolute Gasteiger partial charge is 0.306 e. The Hall–Kier alpha value is -3.79. The molecular weight excluding hydrogens is 418 g/mol. The number of esters is 1. The zero-order valence-electron chi connectivity index (χ0n) is 17.7. The molecule has 2 rings (SSSR count). The van der Waals surface area contributed by atoms with Crippen LogP contribution in [0.15, 0.2) is 54.6 Å². The van der Waals surface area contributed by atoms with Crippen LogP contribution in [0.25, 0.3) is 0 Å². The summed E-state index contributed by atoms with van der Waals surface area (Å²) in [7, 11) is 1.35. The van der Waals surface area contributed by atoms with E-state index < -0.39 is 40.8 Å². The van der Waals surface area contributed by atoms with E-state index in [2.05, 4.69) is 5.32 Å². The van der Waals surface area contributed by atoms with E-state index in [1.54, 1.807) is 37.3 Å². The third-order valence-corrected chi connectivity index (χ3v) is 4.81. The van der Waals surface area contributed by atoms with Crippen molar-refractivity contribution in [3.05, 3.63) is 75.8 Å². The molecule has 32 heavy (non-hydrogen) atoms. The van der Waals surface area contributed by atoms with E-state index in [1.807, 2.05) is 0 Å². The fourth-order valence-corrected chi connectivity index (χ4v) is 3.29. The first kappa shape index (κ1) is 24.5. The minimum Gasteiger partial charge on any atom is -0.466 e. The second-order valence-electron chi connectivity index (χ2n) is 6.88. The Morgan fingerprint density at radius 1 is 1.06 bits per heavy atom. The molecule has 10 nitrogen and oxygen atoms in total. The summed E-state index contributed by atoms with van der Waals surface area (Å²) in [5, 5.41) is 13.5. The zero-order valence-corrected chi connectivity index (χ0v) is 17.7. The van der Waals surface area contributed by atoms with E-state index in [0.29, 0.717) is 11.1 Å². The molecule has 0 spiro atoms. The van der Waals surface area contributed by atoms with Crippen molar-refractivity contribution in [3.8, 4) is 0 Å². The summed E-state index contributed by atoms with van der Waals surface area (Å²) in [6.45, 7) is 1.76. The molecule has 0 unspecified atom stereocenters. The number of carbonyl (C=O) groups excluding carboxylic acids is 3. The van der Waals surface area contributed by atoms with Crippen LogP contribution in [-0.2, 0) is 23.9 Å². The van der Waals surface area contributed by atoms with Gasteiger partial charge in [0.1, 0.15) is 6.04 Å². The molecule has 3 N–H and O–H groups in total. The SMILES string of the molecule is CCOC(=O)C[C@@H](c1ccc([N+](=O)[O-])cc1)[C@H](NC(=O)[C@@H](OC)c1ccccc1)C(N)=O. The molecule has 0 heterocycles. The molecular formula is C22H25N3O7. The van der Waals surface area contributed by atoms with Crippen LogP contribution >= 0.6 is 0 Å². The quantitative estimate of drug-likeness (QED) is 0.306. The number of primary amides is 1. The van der Waals surface area contributed by atoms with Crippen molar-refractivity contribution >= 4 is 23.5 Å². The molecule has 0 saturated heterocycles. The minimum absolute atomic E-state index is 0.124. The lowest BCUT2D eigenvalue weighted by molar-refractivity contribution is -0.384. The Labute approximate surface area is 184 Å². The Bertz CT molecular complexity index is 948. The Kier molecular flexibility index (Phi) is 8.84. The van der Waals surface area contributed by atoms with E-state index >= 15 is 0 Å². The molecule has 2 amide bonds. The largest absolute Gasteiger partial charge is 0.466 e. The predicted molar refractivity (Wildman–Crippen MR) is 114 cm³/mol. The van der Waals surface area contributed by atoms with E-state index in [0.717, 1.165) is 0 Å². The predicted octanol–water partition coefficient (Wildman–Crippen LogP) is 1.99. The van der Waals surface area contributed by atoms with Crippen LogP contribution in [0.1, 0.15) is 36.5 Å². The number of nitro groups is 1. The van der Waals surface area contributed by atoms with Gasteiger partial charge in [-0.25, -0.2) is 0 Å². The van der Waals surface area contributed by atoms with Crippen molar-refractivity contribution in [1.82, 2.24) is 5.32 Å². The third kappa shape index (κ3) is 6.35. The van der Waals surface area contributed by atoms with Crippen molar-refractivity contribution in [2.75, 3.05) is 13.7 Å². The molecule has 10 heteroatoms. The van der Waals surface area contributed by atoms with E-state index in [-0.39, 0.29) is 18.7 Å². The maximum atomic E-state index is 12.9. The van der Waals surface area contributed by atoms with Gasteiger partial charge in [-0.1, -0.05) is 42.5 Å². The summed E-state index contributed by atoms with van der Waals surface area (Å²) in [6, 6.07) is 12.7. The van der Waals surface area contributed by atoms with E-state index in [9.17, 15) is 24.5 Å². The number of nitro benzene ring substituents is 1. The number of hydrogen-bond donors (Lipinski definition) is 2. The third-order valence-electron chi connectivity index (χ3n) is 4.81. The molecule has 170 valence electrons. The molecule has 0 saturated carbocycles. The first-order valence-corrected chi connectivity index (χ1v) is 9.85. The van der Waals surface area contributed by atoms with Crippen LogP contribution in [0.3, 0.4) is 0 Å². The lowest BCUT2D eigenvalue weighted by Gasteiger charge is -2.27. The molecule has 0 aliphatic heterocycles. The number of hydrogen-bond acceptors (Lipinski definition) is 7. The number of carbonyl (C=O) groups is 3.